The molecule has 0 unspecified atom stereocenters. The quantitative estimate of drug-likeness (QED) is 0.850. The summed E-state index contributed by atoms with van der Waals surface area (Å²) >= 11 is 0. The first-order valence-corrected chi connectivity index (χ1v) is 6.76. The summed E-state index contributed by atoms with van der Waals surface area (Å²) in [7, 11) is 0. The molecule has 1 aliphatic rings. The number of rotatable bonds is 4. The Balaban J connectivity index is 2.25. The number of nitrogens with zero attached hydrogens (tertiary/aromatic N) is 1. The van der Waals surface area contributed by atoms with E-state index in [1.54, 1.807) is 17.9 Å². The van der Waals surface area contributed by atoms with Gasteiger partial charge in [-0.05, 0) is 51.7 Å². The number of carbonyl (C=O) groups is 1. The minimum Gasteiger partial charge on any atom is -0.398 e. The summed E-state index contributed by atoms with van der Waals surface area (Å²) in [5.41, 5.74) is 6.81. The largest absolute Gasteiger partial charge is 0.398 e. The highest BCUT2D eigenvalue weighted by Crippen LogP contribution is 2.31. The van der Waals surface area contributed by atoms with Crippen LogP contribution in [0.3, 0.4) is 0 Å². The molecule has 2 N–H and O–H groups in total. The van der Waals surface area contributed by atoms with Gasteiger partial charge in [-0.25, -0.2) is 4.39 Å². The lowest BCUT2D eigenvalue weighted by atomic mass is 10.1. The van der Waals surface area contributed by atoms with Crippen molar-refractivity contribution < 1.29 is 9.18 Å². The average Bonchev–Trinajstić information content (AvgIpc) is 3.15. The Kier molecular flexibility index (Phi) is 3.78. The monoisotopic (exact) mass is 264 g/mol. The first-order chi connectivity index (χ1) is 8.90. The number of amides is 1. The van der Waals surface area contributed by atoms with Crippen LogP contribution in [0.1, 0.15) is 42.6 Å². The molecule has 0 aliphatic heterocycles. The van der Waals surface area contributed by atoms with Gasteiger partial charge in [-0.1, -0.05) is 0 Å². The minimum atomic E-state index is -0.418. The van der Waals surface area contributed by atoms with E-state index < -0.39 is 5.82 Å². The van der Waals surface area contributed by atoms with Crippen molar-refractivity contribution in [2.24, 2.45) is 5.92 Å². The number of nitrogens with two attached hydrogens (primary N) is 1. The molecule has 2 rings (SSSR count). The summed E-state index contributed by atoms with van der Waals surface area (Å²) in [4.78, 5) is 14.3. The first-order valence-electron chi connectivity index (χ1n) is 6.76. The maximum Gasteiger partial charge on any atom is 0.254 e. The Bertz CT molecular complexity index is 472. The van der Waals surface area contributed by atoms with Gasteiger partial charge in [-0.2, -0.15) is 0 Å². The lowest BCUT2D eigenvalue weighted by Gasteiger charge is -2.27. The van der Waals surface area contributed by atoms with Crippen LogP contribution in [0.4, 0.5) is 10.1 Å². The SMILES string of the molecule is Cc1c(N)cc(C(=O)N(CC2CC2)C(C)C)cc1F. The standard InChI is InChI=1S/C15H21FN2O/c1-9(2)18(8-11-4-5-11)15(19)12-6-13(16)10(3)14(17)7-12/h6-7,9,11H,4-5,8,17H2,1-3H3. The van der Waals surface area contributed by atoms with E-state index in [9.17, 15) is 9.18 Å². The van der Waals surface area contributed by atoms with Crippen molar-refractivity contribution in [2.75, 3.05) is 12.3 Å². The van der Waals surface area contributed by atoms with Crippen LogP contribution >= 0.6 is 0 Å². The highest BCUT2D eigenvalue weighted by Gasteiger charge is 2.29. The fraction of sp³-hybridized carbons (Fsp3) is 0.533. The van der Waals surface area contributed by atoms with Gasteiger partial charge in [0.25, 0.3) is 5.91 Å². The van der Waals surface area contributed by atoms with Gasteiger partial charge in [-0.15, -0.1) is 0 Å². The van der Waals surface area contributed by atoms with Gasteiger partial charge in [0.2, 0.25) is 0 Å². The van der Waals surface area contributed by atoms with E-state index in [0.717, 1.165) is 6.54 Å². The van der Waals surface area contributed by atoms with Crippen molar-refractivity contribution in [3.05, 3.63) is 29.1 Å². The summed E-state index contributed by atoms with van der Waals surface area (Å²) in [6.45, 7) is 6.33. The van der Waals surface area contributed by atoms with E-state index >= 15 is 0 Å². The molecule has 1 saturated carbocycles. The van der Waals surface area contributed by atoms with Gasteiger partial charge in [0.15, 0.2) is 0 Å². The van der Waals surface area contributed by atoms with Crippen LogP contribution in [0.5, 0.6) is 0 Å². The van der Waals surface area contributed by atoms with E-state index in [4.69, 9.17) is 5.73 Å². The predicted octanol–water partition coefficient (Wildman–Crippen LogP) is 2.98. The molecule has 1 amide bonds. The highest BCUT2D eigenvalue weighted by atomic mass is 19.1. The summed E-state index contributed by atoms with van der Waals surface area (Å²) in [5.74, 6) is 0.0602. The molecule has 3 nitrogen and oxygen atoms in total. The number of hydrogen-bond acceptors (Lipinski definition) is 2. The second kappa shape index (κ2) is 5.19. The number of anilines is 1. The van der Waals surface area contributed by atoms with Gasteiger partial charge >= 0.3 is 0 Å². The van der Waals surface area contributed by atoms with Crippen LogP contribution in [0, 0.1) is 18.7 Å². The molecule has 0 aromatic heterocycles. The third-order valence-corrected chi connectivity index (χ3v) is 3.67. The number of benzene rings is 1. The van der Waals surface area contributed by atoms with Gasteiger partial charge in [-0.3, -0.25) is 4.79 Å². The topological polar surface area (TPSA) is 46.3 Å². The zero-order valence-electron chi connectivity index (χ0n) is 11.7. The highest BCUT2D eigenvalue weighted by molar-refractivity contribution is 5.95. The fourth-order valence-electron chi connectivity index (χ4n) is 2.10. The Morgan fingerprint density at radius 2 is 2.11 bits per heavy atom. The molecule has 0 heterocycles. The van der Waals surface area contributed by atoms with Crippen LogP contribution in [0.2, 0.25) is 0 Å². The van der Waals surface area contributed by atoms with Gasteiger partial charge < -0.3 is 10.6 Å². The number of nitrogen functional groups attached to an aromatic ring is 1. The van der Waals surface area contributed by atoms with Crippen molar-refractivity contribution >= 4 is 11.6 Å². The molecule has 104 valence electrons. The molecule has 19 heavy (non-hydrogen) atoms. The van der Waals surface area contributed by atoms with E-state index in [2.05, 4.69) is 0 Å². The molecule has 1 fully saturated rings. The summed E-state index contributed by atoms with van der Waals surface area (Å²) in [5, 5.41) is 0. The molecule has 1 aromatic carbocycles. The maximum atomic E-state index is 13.7. The molecule has 1 aromatic rings. The van der Waals surface area contributed by atoms with Crippen LogP contribution in [-0.4, -0.2) is 23.4 Å². The van der Waals surface area contributed by atoms with Gasteiger partial charge in [0.05, 0.1) is 0 Å². The Morgan fingerprint density at radius 3 is 2.58 bits per heavy atom. The Hall–Kier alpha value is -1.58. The number of hydrogen-bond donors (Lipinski definition) is 1. The van der Waals surface area contributed by atoms with E-state index in [1.165, 1.54) is 18.9 Å². The van der Waals surface area contributed by atoms with Crippen LogP contribution < -0.4 is 5.73 Å². The third kappa shape index (κ3) is 3.06. The predicted molar refractivity (Wildman–Crippen MR) is 74.4 cm³/mol. The zero-order chi connectivity index (χ0) is 14.2. The molecule has 0 bridgehead atoms. The fourth-order valence-corrected chi connectivity index (χ4v) is 2.10. The Labute approximate surface area is 113 Å². The Morgan fingerprint density at radius 1 is 1.47 bits per heavy atom. The second-order valence-corrected chi connectivity index (χ2v) is 5.67. The van der Waals surface area contributed by atoms with E-state index in [-0.39, 0.29) is 11.9 Å². The lowest BCUT2D eigenvalue weighted by Crippen LogP contribution is -2.38. The van der Waals surface area contributed by atoms with Crippen molar-refractivity contribution in [1.29, 1.82) is 0 Å². The van der Waals surface area contributed by atoms with Crippen molar-refractivity contribution in [3.63, 3.8) is 0 Å². The lowest BCUT2D eigenvalue weighted by molar-refractivity contribution is 0.0695. The number of carbonyl (C=O) groups excluding carboxylic acids is 1. The maximum absolute atomic E-state index is 13.7. The summed E-state index contributed by atoms with van der Waals surface area (Å²) < 4.78 is 13.7. The van der Waals surface area contributed by atoms with Gasteiger partial charge in [0.1, 0.15) is 5.82 Å². The zero-order valence-corrected chi connectivity index (χ0v) is 11.7. The molecule has 0 spiro atoms. The second-order valence-electron chi connectivity index (χ2n) is 5.67. The first kappa shape index (κ1) is 13.8. The molecule has 0 saturated heterocycles. The molecule has 0 atom stereocenters. The molecule has 0 radical (unpaired) electrons. The van der Waals surface area contributed by atoms with Gasteiger partial charge in [0, 0.05) is 29.4 Å². The number of halogens is 1. The van der Waals surface area contributed by atoms with E-state index in [0.29, 0.717) is 22.7 Å². The van der Waals surface area contributed by atoms with Crippen molar-refractivity contribution in [2.45, 2.75) is 39.7 Å². The molecular formula is C15H21FN2O. The normalized spacial score (nSPS) is 14.8. The molecular weight excluding hydrogens is 243 g/mol. The van der Waals surface area contributed by atoms with Crippen molar-refractivity contribution in [1.82, 2.24) is 4.90 Å². The minimum absolute atomic E-state index is 0.110. The van der Waals surface area contributed by atoms with Crippen LogP contribution in [-0.2, 0) is 0 Å². The summed E-state index contributed by atoms with van der Waals surface area (Å²) in [6.07, 6.45) is 2.36. The summed E-state index contributed by atoms with van der Waals surface area (Å²) in [6, 6.07) is 2.97. The van der Waals surface area contributed by atoms with Crippen LogP contribution in [0.15, 0.2) is 12.1 Å². The van der Waals surface area contributed by atoms with E-state index in [1.807, 2.05) is 13.8 Å². The third-order valence-electron chi connectivity index (χ3n) is 3.67. The molecule has 4 heteroatoms. The average molecular weight is 264 g/mol. The van der Waals surface area contributed by atoms with Crippen molar-refractivity contribution in [3.8, 4) is 0 Å². The molecule has 1 aliphatic carbocycles. The van der Waals surface area contributed by atoms with Crippen LogP contribution in [0.25, 0.3) is 0 Å². The smallest absolute Gasteiger partial charge is 0.254 e.